The molecule has 0 aliphatic carbocycles. The molecular formula is C17H22N2O2. The predicted octanol–water partition coefficient (Wildman–Crippen LogP) is 2.47. The highest BCUT2D eigenvalue weighted by atomic mass is 16.5. The Morgan fingerprint density at radius 1 is 1.10 bits per heavy atom. The molecule has 0 fully saturated rings. The second kappa shape index (κ2) is 8.39. The first kappa shape index (κ1) is 15.5. The Kier molecular flexibility index (Phi) is 6.19. The van der Waals surface area contributed by atoms with Gasteiger partial charge in [-0.2, -0.15) is 0 Å². The molecule has 4 nitrogen and oxygen atoms in total. The van der Waals surface area contributed by atoms with Gasteiger partial charge in [0, 0.05) is 32.0 Å². The molecule has 0 saturated carbocycles. The van der Waals surface area contributed by atoms with Crippen molar-refractivity contribution in [3.63, 3.8) is 0 Å². The summed E-state index contributed by atoms with van der Waals surface area (Å²) in [5.74, 6) is 0.891. The van der Waals surface area contributed by atoms with E-state index in [0.29, 0.717) is 13.2 Å². The van der Waals surface area contributed by atoms with Gasteiger partial charge >= 0.3 is 0 Å². The van der Waals surface area contributed by atoms with Crippen LogP contribution < -0.4 is 4.74 Å². The maximum Gasteiger partial charge on any atom is 0.119 e. The summed E-state index contributed by atoms with van der Waals surface area (Å²) < 4.78 is 5.45. The average molecular weight is 286 g/mol. The van der Waals surface area contributed by atoms with Crippen LogP contribution in [0.4, 0.5) is 0 Å². The fourth-order valence-corrected chi connectivity index (χ4v) is 2.22. The minimum atomic E-state index is 0.150. The zero-order valence-corrected chi connectivity index (χ0v) is 12.4. The van der Waals surface area contributed by atoms with Gasteiger partial charge in [-0.3, -0.25) is 9.88 Å². The first-order valence-electron chi connectivity index (χ1n) is 7.25. The van der Waals surface area contributed by atoms with Crippen molar-refractivity contribution in [2.75, 3.05) is 19.8 Å². The molecule has 1 aromatic heterocycles. The Hall–Kier alpha value is -1.91. The minimum Gasteiger partial charge on any atom is -0.494 e. The number of pyridine rings is 1. The maximum absolute atomic E-state index is 9.23. The summed E-state index contributed by atoms with van der Waals surface area (Å²) in [4.78, 5) is 6.33. The zero-order valence-electron chi connectivity index (χ0n) is 12.4. The average Bonchev–Trinajstić information content (AvgIpc) is 2.51. The van der Waals surface area contributed by atoms with Crippen LogP contribution in [-0.4, -0.2) is 34.7 Å². The smallest absolute Gasteiger partial charge is 0.119 e. The van der Waals surface area contributed by atoms with E-state index in [4.69, 9.17) is 4.74 Å². The normalized spacial score (nSPS) is 10.8. The summed E-state index contributed by atoms with van der Waals surface area (Å²) in [5, 5.41) is 9.23. The Bertz CT molecular complexity index is 514. The van der Waals surface area contributed by atoms with Gasteiger partial charge in [0.2, 0.25) is 0 Å². The van der Waals surface area contributed by atoms with Crippen LogP contribution in [0.25, 0.3) is 0 Å². The van der Waals surface area contributed by atoms with Gasteiger partial charge in [-0.1, -0.05) is 18.2 Å². The molecule has 1 aromatic carbocycles. The molecule has 2 aromatic rings. The first-order chi connectivity index (χ1) is 10.3. The van der Waals surface area contributed by atoms with Crippen LogP contribution in [0.15, 0.2) is 48.8 Å². The molecule has 4 heteroatoms. The highest BCUT2D eigenvalue weighted by Crippen LogP contribution is 2.14. The Labute approximate surface area is 126 Å². The minimum absolute atomic E-state index is 0.150. The van der Waals surface area contributed by atoms with Crippen LogP contribution in [0.2, 0.25) is 0 Å². The van der Waals surface area contributed by atoms with Crippen molar-refractivity contribution in [1.29, 1.82) is 0 Å². The van der Waals surface area contributed by atoms with E-state index < -0.39 is 0 Å². The van der Waals surface area contributed by atoms with Crippen LogP contribution in [-0.2, 0) is 13.1 Å². The number of rotatable bonds is 8. The summed E-state index contributed by atoms with van der Waals surface area (Å²) in [6, 6.07) is 12.1. The number of aliphatic hydroxyl groups excluding tert-OH is 1. The number of aromatic nitrogens is 1. The van der Waals surface area contributed by atoms with Gasteiger partial charge in [0.05, 0.1) is 13.2 Å². The van der Waals surface area contributed by atoms with E-state index >= 15 is 0 Å². The van der Waals surface area contributed by atoms with Gasteiger partial charge in [-0.15, -0.1) is 0 Å². The summed E-state index contributed by atoms with van der Waals surface area (Å²) in [5.41, 5.74) is 2.35. The number of hydrogen-bond acceptors (Lipinski definition) is 4. The molecule has 1 N–H and O–H groups in total. The van der Waals surface area contributed by atoms with Gasteiger partial charge in [0.25, 0.3) is 0 Å². The van der Waals surface area contributed by atoms with E-state index in [2.05, 4.69) is 28.1 Å². The number of aliphatic hydroxyl groups is 1. The molecule has 2 rings (SSSR count). The largest absolute Gasteiger partial charge is 0.494 e. The molecule has 0 atom stereocenters. The summed E-state index contributed by atoms with van der Waals surface area (Å²) in [7, 11) is 0. The number of nitrogens with zero attached hydrogens (tertiary/aromatic N) is 2. The van der Waals surface area contributed by atoms with Gasteiger partial charge in [0.1, 0.15) is 5.75 Å². The van der Waals surface area contributed by atoms with E-state index in [9.17, 15) is 5.11 Å². The molecule has 1 heterocycles. The Morgan fingerprint density at radius 3 is 2.48 bits per heavy atom. The second-order valence-corrected chi connectivity index (χ2v) is 4.87. The Morgan fingerprint density at radius 2 is 1.86 bits per heavy atom. The van der Waals surface area contributed by atoms with Crippen LogP contribution in [0.5, 0.6) is 5.75 Å². The Balaban J connectivity index is 1.98. The zero-order chi connectivity index (χ0) is 14.9. The van der Waals surface area contributed by atoms with E-state index in [1.807, 2.05) is 31.3 Å². The third-order valence-corrected chi connectivity index (χ3v) is 3.19. The van der Waals surface area contributed by atoms with Gasteiger partial charge < -0.3 is 9.84 Å². The number of ether oxygens (including phenoxy) is 1. The predicted molar refractivity (Wildman–Crippen MR) is 83.0 cm³/mol. The molecule has 0 unspecified atom stereocenters. The van der Waals surface area contributed by atoms with Gasteiger partial charge in [-0.25, -0.2) is 0 Å². The highest BCUT2D eigenvalue weighted by Gasteiger charge is 2.07. The standard InChI is InChI=1S/C17H22N2O2/c1-2-21-17-7-5-15(6-8-17)13-19(10-11-20)14-16-4-3-9-18-12-16/h3-9,12,20H,2,10-11,13-14H2,1H3. The van der Waals surface area contributed by atoms with Crippen molar-refractivity contribution in [3.05, 3.63) is 59.9 Å². The second-order valence-electron chi connectivity index (χ2n) is 4.87. The van der Waals surface area contributed by atoms with Crippen LogP contribution in [0.1, 0.15) is 18.1 Å². The molecule has 0 amide bonds. The van der Waals surface area contributed by atoms with E-state index in [1.165, 1.54) is 5.56 Å². The summed E-state index contributed by atoms with van der Waals surface area (Å²) in [6.07, 6.45) is 3.63. The van der Waals surface area contributed by atoms with Crippen LogP contribution >= 0.6 is 0 Å². The molecular weight excluding hydrogens is 264 g/mol. The monoisotopic (exact) mass is 286 g/mol. The van der Waals surface area contributed by atoms with Crippen LogP contribution in [0.3, 0.4) is 0 Å². The number of hydrogen-bond donors (Lipinski definition) is 1. The lowest BCUT2D eigenvalue weighted by Gasteiger charge is -2.21. The maximum atomic E-state index is 9.23. The first-order valence-corrected chi connectivity index (χ1v) is 7.25. The van der Waals surface area contributed by atoms with Crippen molar-refractivity contribution in [3.8, 4) is 5.75 Å². The van der Waals surface area contributed by atoms with Crippen molar-refractivity contribution < 1.29 is 9.84 Å². The lowest BCUT2D eigenvalue weighted by Crippen LogP contribution is -2.26. The highest BCUT2D eigenvalue weighted by molar-refractivity contribution is 5.27. The third kappa shape index (κ3) is 5.17. The van der Waals surface area contributed by atoms with Crippen molar-refractivity contribution in [1.82, 2.24) is 9.88 Å². The quantitative estimate of drug-likeness (QED) is 0.810. The molecule has 0 spiro atoms. The fraction of sp³-hybridized carbons (Fsp3) is 0.353. The topological polar surface area (TPSA) is 45.6 Å². The third-order valence-electron chi connectivity index (χ3n) is 3.19. The van der Waals surface area contributed by atoms with E-state index in [0.717, 1.165) is 24.4 Å². The molecule has 0 saturated heterocycles. The molecule has 0 aliphatic heterocycles. The van der Waals surface area contributed by atoms with E-state index in [-0.39, 0.29) is 6.61 Å². The van der Waals surface area contributed by atoms with Crippen molar-refractivity contribution >= 4 is 0 Å². The molecule has 0 radical (unpaired) electrons. The summed E-state index contributed by atoms with van der Waals surface area (Å²) >= 11 is 0. The molecule has 0 bridgehead atoms. The van der Waals surface area contributed by atoms with Gasteiger partial charge in [-0.05, 0) is 36.2 Å². The van der Waals surface area contributed by atoms with Crippen LogP contribution in [0, 0.1) is 0 Å². The van der Waals surface area contributed by atoms with Crippen molar-refractivity contribution in [2.24, 2.45) is 0 Å². The summed E-state index contributed by atoms with van der Waals surface area (Å²) in [6.45, 7) is 5.02. The fourth-order valence-electron chi connectivity index (χ4n) is 2.22. The molecule has 21 heavy (non-hydrogen) atoms. The molecule has 0 aliphatic rings. The lowest BCUT2D eigenvalue weighted by molar-refractivity contribution is 0.184. The van der Waals surface area contributed by atoms with Crippen molar-refractivity contribution in [2.45, 2.75) is 20.0 Å². The SMILES string of the molecule is CCOc1ccc(CN(CCO)Cc2cccnc2)cc1. The lowest BCUT2D eigenvalue weighted by atomic mass is 10.2. The molecule has 112 valence electrons. The number of benzene rings is 1. The van der Waals surface area contributed by atoms with Gasteiger partial charge in [0.15, 0.2) is 0 Å². The van der Waals surface area contributed by atoms with E-state index in [1.54, 1.807) is 6.20 Å².